The maximum Gasteiger partial charge on any atom is 0.294 e. The van der Waals surface area contributed by atoms with E-state index in [0.717, 1.165) is 44.7 Å². The van der Waals surface area contributed by atoms with Crippen LogP contribution in [0.5, 0.6) is 0 Å². The van der Waals surface area contributed by atoms with Gasteiger partial charge in [0, 0.05) is 32.3 Å². The van der Waals surface area contributed by atoms with Crippen LogP contribution in [0, 0.1) is 5.41 Å². The van der Waals surface area contributed by atoms with Gasteiger partial charge in [-0.3, -0.25) is 14.9 Å². The molecule has 2 aliphatic heterocycles. The van der Waals surface area contributed by atoms with Gasteiger partial charge in [-0.1, -0.05) is 0 Å². The number of aliphatic imine (C=N–C) groups is 1. The van der Waals surface area contributed by atoms with E-state index in [-0.39, 0.29) is 24.5 Å². The van der Waals surface area contributed by atoms with Gasteiger partial charge in [0.25, 0.3) is 5.56 Å². The molecule has 9 heteroatoms. The molecule has 1 aromatic rings. The van der Waals surface area contributed by atoms with Crippen molar-refractivity contribution in [2.75, 3.05) is 31.2 Å². The third kappa shape index (κ3) is 3.08. The number of allylic oxidation sites excluding steroid dienone is 2. The normalized spacial score (nSPS) is 20.9. The fraction of sp³-hybridized carbons (Fsp3) is 0.500. The topological polar surface area (TPSA) is 122 Å². The first-order chi connectivity index (χ1) is 13.1. The van der Waals surface area contributed by atoms with E-state index in [9.17, 15) is 4.79 Å². The van der Waals surface area contributed by atoms with Gasteiger partial charge in [0.05, 0.1) is 23.7 Å². The van der Waals surface area contributed by atoms with E-state index in [1.54, 1.807) is 10.8 Å². The van der Waals surface area contributed by atoms with Crippen molar-refractivity contribution in [2.24, 2.45) is 10.7 Å². The van der Waals surface area contributed by atoms with Crippen LogP contribution < -0.4 is 16.2 Å². The van der Waals surface area contributed by atoms with Crippen molar-refractivity contribution in [3.63, 3.8) is 0 Å². The molecule has 0 saturated carbocycles. The molecule has 0 atom stereocenters. The van der Waals surface area contributed by atoms with E-state index < -0.39 is 0 Å². The third-order valence-corrected chi connectivity index (χ3v) is 5.04. The number of ether oxygens (including phenoxy) is 1. The number of aliphatic hydroxyl groups excluding tert-OH is 1. The van der Waals surface area contributed by atoms with Crippen molar-refractivity contribution >= 4 is 22.9 Å². The summed E-state index contributed by atoms with van der Waals surface area (Å²) in [5.41, 5.74) is 6.93. The Morgan fingerprint density at radius 3 is 2.63 bits per heavy atom. The Kier molecular flexibility index (Phi) is 4.61. The van der Waals surface area contributed by atoms with Crippen molar-refractivity contribution in [1.82, 2.24) is 9.36 Å². The molecular weight excluding hydrogens is 348 g/mol. The molecule has 0 unspecified atom stereocenters. The first-order valence-electron chi connectivity index (χ1n) is 9.29. The summed E-state index contributed by atoms with van der Waals surface area (Å²) in [4.78, 5) is 19.7. The Morgan fingerprint density at radius 1 is 1.15 bits per heavy atom. The zero-order valence-corrected chi connectivity index (χ0v) is 15.1. The van der Waals surface area contributed by atoms with Crippen LogP contribution in [0.3, 0.4) is 0 Å². The van der Waals surface area contributed by atoms with E-state index in [0.29, 0.717) is 29.4 Å². The van der Waals surface area contributed by atoms with Crippen molar-refractivity contribution < 1.29 is 9.84 Å². The lowest BCUT2D eigenvalue weighted by Crippen LogP contribution is -2.22. The highest BCUT2D eigenvalue weighted by atomic mass is 16.5. The van der Waals surface area contributed by atoms with Crippen molar-refractivity contribution in [1.29, 1.82) is 5.41 Å². The van der Waals surface area contributed by atoms with Crippen LogP contribution in [0.2, 0.25) is 0 Å². The molecule has 4 N–H and O–H groups in total. The summed E-state index contributed by atoms with van der Waals surface area (Å²) >= 11 is 0. The quantitative estimate of drug-likeness (QED) is 0.650. The number of aliphatic hydroxyl groups is 1. The van der Waals surface area contributed by atoms with Gasteiger partial charge in [-0.2, -0.15) is 0 Å². The van der Waals surface area contributed by atoms with Crippen molar-refractivity contribution in [3.05, 3.63) is 34.0 Å². The maximum atomic E-state index is 12.9. The molecule has 144 valence electrons. The van der Waals surface area contributed by atoms with Gasteiger partial charge in [0.15, 0.2) is 11.5 Å². The molecule has 27 heavy (non-hydrogen) atoms. The zero-order chi connectivity index (χ0) is 19.0. The number of hydrogen-bond acceptors (Lipinski definition) is 7. The van der Waals surface area contributed by atoms with Gasteiger partial charge >= 0.3 is 0 Å². The Balaban J connectivity index is 1.78. The molecule has 1 fully saturated rings. The van der Waals surface area contributed by atoms with Crippen LogP contribution in [0.1, 0.15) is 19.3 Å². The number of anilines is 1. The predicted molar refractivity (Wildman–Crippen MR) is 103 cm³/mol. The molecule has 4 rings (SSSR count). The highest BCUT2D eigenvalue weighted by Crippen LogP contribution is 2.32. The monoisotopic (exact) mass is 372 g/mol. The van der Waals surface area contributed by atoms with E-state index in [2.05, 4.69) is 9.89 Å². The predicted octanol–water partition coefficient (Wildman–Crippen LogP) is 0.495. The summed E-state index contributed by atoms with van der Waals surface area (Å²) in [6.07, 6.45) is 6.17. The molecule has 0 bridgehead atoms. The molecule has 9 nitrogen and oxygen atoms in total. The number of rotatable bonds is 5. The first-order valence-corrected chi connectivity index (χ1v) is 9.29. The second kappa shape index (κ2) is 7.07. The third-order valence-electron chi connectivity index (χ3n) is 5.04. The van der Waals surface area contributed by atoms with Gasteiger partial charge in [-0.15, -0.1) is 0 Å². The fourth-order valence-electron chi connectivity index (χ4n) is 3.80. The van der Waals surface area contributed by atoms with Gasteiger partial charge in [0.1, 0.15) is 12.4 Å². The number of fused-ring (bicyclic) bond motifs is 1. The largest absolute Gasteiger partial charge is 0.489 e. The molecule has 3 aliphatic rings. The molecule has 1 aliphatic carbocycles. The van der Waals surface area contributed by atoms with Gasteiger partial charge < -0.3 is 20.5 Å². The average molecular weight is 372 g/mol. The highest BCUT2D eigenvalue weighted by molar-refractivity contribution is 6.50. The van der Waals surface area contributed by atoms with Crippen LogP contribution >= 0.6 is 0 Å². The molecule has 0 amide bonds. The second-order valence-corrected chi connectivity index (χ2v) is 6.86. The zero-order valence-electron chi connectivity index (χ0n) is 15.1. The highest BCUT2D eigenvalue weighted by Gasteiger charge is 2.29. The summed E-state index contributed by atoms with van der Waals surface area (Å²) in [5.74, 6) is 1.21. The van der Waals surface area contributed by atoms with Gasteiger partial charge in [-0.25, -0.2) is 9.67 Å². The summed E-state index contributed by atoms with van der Waals surface area (Å²) in [6.45, 7) is 3.27. The molecule has 1 saturated heterocycles. The van der Waals surface area contributed by atoms with Crippen LogP contribution in [0.25, 0.3) is 0 Å². The lowest BCUT2D eigenvalue weighted by Gasteiger charge is -2.20. The molecule has 3 heterocycles. The van der Waals surface area contributed by atoms with Crippen LogP contribution in [-0.2, 0) is 17.8 Å². The summed E-state index contributed by atoms with van der Waals surface area (Å²) < 4.78 is 9.19. The molecule has 0 spiro atoms. The minimum atomic E-state index is -0.138. The second-order valence-electron chi connectivity index (χ2n) is 6.86. The molecule has 1 aromatic heterocycles. The molecular formula is C18H24N6O3. The Labute approximate surface area is 156 Å². The van der Waals surface area contributed by atoms with E-state index in [1.165, 1.54) is 6.08 Å². The van der Waals surface area contributed by atoms with E-state index >= 15 is 0 Å². The Hall–Kier alpha value is -2.81. The summed E-state index contributed by atoms with van der Waals surface area (Å²) in [5, 5.41) is 17.2. The van der Waals surface area contributed by atoms with E-state index in [1.807, 2.05) is 4.68 Å². The number of nitrogens with one attached hydrogen (secondary N) is 1. The maximum absolute atomic E-state index is 12.9. The number of nitrogens with zero attached hydrogens (tertiary/aromatic N) is 4. The van der Waals surface area contributed by atoms with Crippen molar-refractivity contribution in [2.45, 2.75) is 32.4 Å². The fourth-order valence-corrected chi connectivity index (χ4v) is 3.80. The minimum Gasteiger partial charge on any atom is -0.489 e. The van der Waals surface area contributed by atoms with Crippen LogP contribution in [-0.4, -0.2) is 52.2 Å². The average Bonchev–Trinajstić information content (AvgIpc) is 3.37. The summed E-state index contributed by atoms with van der Waals surface area (Å²) in [6, 6.07) is 0. The van der Waals surface area contributed by atoms with Gasteiger partial charge in [0.2, 0.25) is 0 Å². The Morgan fingerprint density at radius 2 is 1.89 bits per heavy atom. The molecule has 0 aromatic carbocycles. The van der Waals surface area contributed by atoms with Crippen LogP contribution in [0.4, 0.5) is 11.5 Å². The standard InChI is InChI=1S/C18H24N6O3/c19-12-10-13(20)15(27-9-8-25)11-14(12)21-16-17(22-4-1-2-5-22)23-6-3-7-24(23)18(16)26/h10-11,19,25H,1-9,20H2. The van der Waals surface area contributed by atoms with Gasteiger partial charge in [-0.05, 0) is 25.3 Å². The lowest BCUT2D eigenvalue weighted by molar-refractivity contribution is 0.149. The Bertz CT molecular complexity index is 914. The van der Waals surface area contributed by atoms with E-state index in [4.69, 9.17) is 21.0 Å². The smallest absolute Gasteiger partial charge is 0.294 e. The number of nitrogens with two attached hydrogens (primary N) is 1. The molecule has 0 radical (unpaired) electrons. The first kappa shape index (κ1) is 17.6. The number of aromatic nitrogens is 2. The minimum absolute atomic E-state index is 0.100. The number of hydrogen-bond donors (Lipinski definition) is 3. The van der Waals surface area contributed by atoms with Crippen molar-refractivity contribution in [3.8, 4) is 0 Å². The SMILES string of the molecule is N=C1C=C(N)C(OCCO)=CC1=Nc1c(N2CCCC2)n2n(c1=O)CCC2. The van der Waals surface area contributed by atoms with Crippen LogP contribution in [0.15, 0.2) is 33.4 Å². The summed E-state index contributed by atoms with van der Waals surface area (Å²) in [7, 11) is 0. The lowest BCUT2D eigenvalue weighted by atomic mass is 10.1.